The molecular weight excluding hydrogens is 156 g/mol. The first-order chi connectivity index (χ1) is 6.27. The van der Waals surface area contributed by atoms with Crippen molar-refractivity contribution >= 4 is 0 Å². The van der Waals surface area contributed by atoms with Crippen LogP contribution < -0.4 is 0 Å². The molecule has 0 aromatic rings. The first kappa shape index (κ1) is 8.32. The average molecular weight is 178 g/mol. The molecule has 0 spiro atoms. The topological polar surface area (TPSA) is 0 Å². The molecule has 3 rings (SSSR count). The van der Waals surface area contributed by atoms with Crippen molar-refractivity contribution in [2.75, 3.05) is 0 Å². The Morgan fingerprint density at radius 3 is 1.92 bits per heavy atom. The molecule has 0 nitrogen and oxygen atoms in total. The summed E-state index contributed by atoms with van der Waals surface area (Å²) >= 11 is 0. The largest absolute Gasteiger partial charge is 0.0622 e. The standard InChI is InChI=1S/C13H22/c1-8-4-3-5-10(8)12-6-9(2)11-7-13(11)12/h8-13H,3-7H2,1-2H3/t8?,9?,10?,11?,12?,13-/m0/s1. The summed E-state index contributed by atoms with van der Waals surface area (Å²) in [6, 6.07) is 0. The minimum Gasteiger partial charge on any atom is -0.0622 e. The number of hydrogen-bond donors (Lipinski definition) is 0. The van der Waals surface area contributed by atoms with Gasteiger partial charge in [0, 0.05) is 0 Å². The van der Waals surface area contributed by atoms with Crippen LogP contribution in [0.15, 0.2) is 0 Å². The van der Waals surface area contributed by atoms with Crippen molar-refractivity contribution in [3.8, 4) is 0 Å². The highest BCUT2D eigenvalue weighted by atomic mass is 14.6. The molecule has 3 aliphatic carbocycles. The lowest BCUT2D eigenvalue weighted by Gasteiger charge is -2.25. The van der Waals surface area contributed by atoms with Crippen molar-refractivity contribution in [1.29, 1.82) is 0 Å². The molecule has 3 saturated carbocycles. The van der Waals surface area contributed by atoms with E-state index in [1.807, 2.05) is 0 Å². The fraction of sp³-hybridized carbons (Fsp3) is 1.00. The van der Waals surface area contributed by atoms with Gasteiger partial charge in [-0.1, -0.05) is 26.7 Å². The Kier molecular flexibility index (Phi) is 1.76. The minimum absolute atomic E-state index is 1.05. The zero-order valence-electron chi connectivity index (χ0n) is 9.00. The Balaban J connectivity index is 1.72. The van der Waals surface area contributed by atoms with Gasteiger partial charge in [-0.3, -0.25) is 0 Å². The average Bonchev–Trinajstić information content (AvgIpc) is 2.69. The second-order valence-corrected chi connectivity index (χ2v) is 6.01. The monoisotopic (exact) mass is 178 g/mol. The van der Waals surface area contributed by atoms with Crippen LogP contribution in [0.4, 0.5) is 0 Å². The molecule has 0 radical (unpaired) electrons. The van der Waals surface area contributed by atoms with Crippen molar-refractivity contribution < 1.29 is 0 Å². The number of rotatable bonds is 1. The summed E-state index contributed by atoms with van der Waals surface area (Å²) < 4.78 is 0. The van der Waals surface area contributed by atoms with Gasteiger partial charge in [-0.05, 0) is 54.8 Å². The summed E-state index contributed by atoms with van der Waals surface area (Å²) in [5, 5.41) is 0. The molecule has 0 heteroatoms. The zero-order chi connectivity index (χ0) is 9.00. The normalized spacial score (nSPS) is 59.5. The number of hydrogen-bond acceptors (Lipinski definition) is 0. The van der Waals surface area contributed by atoms with Gasteiger partial charge in [0.15, 0.2) is 0 Å². The molecule has 13 heavy (non-hydrogen) atoms. The van der Waals surface area contributed by atoms with Gasteiger partial charge >= 0.3 is 0 Å². The summed E-state index contributed by atoms with van der Waals surface area (Å²) in [7, 11) is 0. The highest BCUT2D eigenvalue weighted by molar-refractivity contribution is 5.04. The van der Waals surface area contributed by atoms with E-state index < -0.39 is 0 Å². The lowest BCUT2D eigenvalue weighted by atomic mass is 9.81. The molecule has 74 valence electrons. The van der Waals surface area contributed by atoms with Crippen LogP contribution in [0.2, 0.25) is 0 Å². The van der Waals surface area contributed by atoms with E-state index in [9.17, 15) is 0 Å². The van der Waals surface area contributed by atoms with E-state index in [0.717, 1.165) is 29.6 Å². The summed E-state index contributed by atoms with van der Waals surface area (Å²) in [4.78, 5) is 0. The van der Waals surface area contributed by atoms with Crippen LogP contribution in [-0.2, 0) is 0 Å². The smallest absolute Gasteiger partial charge is 0.0349 e. The van der Waals surface area contributed by atoms with Gasteiger partial charge in [0.2, 0.25) is 0 Å². The highest BCUT2D eigenvalue weighted by Crippen LogP contribution is 2.62. The summed E-state index contributed by atoms with van der Waals surface area (Å²) in [6.07, 6.45) is 7.77. The SMILES string of the molecule is CC1CCCC1C1CC(C)C2C[C@@H]21. The maximum atomic E-state index is 2.50. The van der Waals surface area contributed by atoms with Crippen molar-refractivity contribution in [2.24, 2.45) is 35.5 Å². The number of fused-ring (bicyclic) bond motifs is 1. The van der Waals surface area contributed by atoms with E-state index >= 15 is 0 Å². The first-order valence-electron chi connectivity index (χ1n) is 6.27. The molecule has 0 N–H and O–H groups in total. The van der Waals surface area contributed by atoms with Crippen molar-refractivity contribution in [1.82, 2.24) is 0 Å². The second kappa shape index (κ2) is 2.74. The minimum atomic E-state index is 1.05. The second-order valence-electron chi connectivity index (χ2n) is 6.01. The van der Waals surface area contributed by atoms with Crippen molar-refractivity contribution in [3.63, 3.8) is 0 Å². The molecule has 0 heterocycles. The summed E-state index contributed by atoms with van der Waals surface area (Å²) in [5.74, 6) is 6.75. The predicted molar refractivity (Wildman–Crippen MR) is 55.4 cm³/mol. The molecule has 0 aromatic carbocycles. The Bertz CT molecular complexity index is 208. The quantitative estimate of drug-likeness (QED) is 0.574. The fourth-order valence-electron chi connectivity index (χ4n) is 4.46. The van der Waals surface area contributed by atoms with Crippen LogP contribution in [0.25, 0.3) is 0 Å². The van der Waals surface area contributed by atoms with E-state index in [4.69, 9.17) is 0 Å². The van der Waals surface area contributed by atoms with Crippen LogP contribution in [0.1, 0.15) is 46.0 Å². The molecule has 0 bridgehead atoms. The van der Waals surface area contributed by atoms with Gasteiger partial charge < -0.3 is 0 Å². The van der Waals surface area contributed by atoms with Gasteiger partial charge in [0.1, 0.15) is 0 Å². The third-order valence-electron chi connectivity index (χ3n) is 5.29. The molecule has 3 aliphatic rings. The van der Waals surface area contributed by atoms with E-state index in [-0.39, 0.29) is 0 Å². The van der Waals surface area contributed by atoms with Gasteiger partial charge in [-0.15, -0.1) is 0 Å². The molecule has 5 unspecified atom stereocenters. The summed E-state index contributed by atoms with van der Waals surface area (Å²) in [6.45, 7) is 4.99. The molecule has 3 fully saturated rings. The predicted octanol–water partition coefficient (Wildman–Crippen LogP) is 3.71. The molecule has 0 aromatic heterocycles. The Hall–Kier alpha value is 0. The Labute approximate surface area is 82.1 Å². The van der Waals surface area contributed by atoms with Gasteiger partial charge in [-0.2, -0.15) is 0 Å². The molecule has 0 saturated heterocycles. The van der Waals surface area contributed by atoms with Gasteiger partial charge in [0.25, 0.3) is 0 Å². The van der Waals surface area contributed by atoms with E-state index in [2.05, 4.69) is 13.8 Å². The van der Waals surface area contributed by atoms with Crippen molar-refractivity contribution in [2.45, 2.75) is 46.0 Å². The molecule has 0 amide bonds. The highest BCUT2D eigenvalue weighted by Gasteiger charge is 2.55. The van der Waals surface area contributed by atoms with Gasteiger partial charge in [0.05, 0.1) is 0 Å². The molecular formula is C13H22. The van der Waals surface area contributed by atoms with Crippen LogP contribution in [-0.4, -0.2) is 0 Å². The molecule has 0 aliphatic heterocycles. The fourth-order valence-corrected chi connectivity index (χ4v) is 4.46. The maximum absolute atomic E-state index is 2.50. The first-order valence-corrected chi connectivity index (χ1v) is 6.27. The third kappa shape index (κ3) is 1.17. The van der Waals surface area contributed by atoms with Gasteiger partial charge in [-0.25, -0.2) is 0 Å². The lowest BCUT2D eigenvalue weighted by molar-refractivity contribution is 0.243. The Morgan fingerprint density at radius 2 is 1.46 bits per heavy atom. The van der Waals surface area contributed by atoms with Crippen LogP contribution in [0.5, 0.6) is 0 Å². The third-order valence-corrected chi connectivity index (χ3v) is 5.29. The van der Waals surface area contributed by atoms with E-state index in [1.54, 1.807) is 19.3 Å². The molecule has 6 atom stereocenters. The van der Waals surface area contributed by atoms with E-state index in [0.29, 0.717) is 0 Å². The van der Waals surface area contributed by atoms with Crippen LogP contribution in [0.3, 0.4) is 0 Å². The zero-order valence-corrected chi connectivity index (χ0v) is 9.00. The van der Waals surface area contributed by atoms with Crippen LogP contribution in [0, 0.1) is 35.5 Å². The lowest BCUT2D eigenvalue weighted by Crippen LogP contribution is -2.17. The summed E-state index contributed by atoms with van der Waals surface area (Å²) in [5.41, 5.74) is 0. The van der Waals surface area contributed by atoms with E-state index in [1.165, 1.54) is 18.8 Å². The van der Waals surface area contributed by atoms with Crippen LogP contribution >= 0.6 is 0 Å². The Morgan fingerprint density at radius 1 is 0.692 bits per heavy atom. The van der Waals surface area contributed by atoms with Crippen molar-refractivity contribution in [3.05, 3.63) is 0 Å². The maximum Gasteiger partial charge on any atom is -0.0349 e.